The first-order valence-corrected chi connectivity index (χ1v) is 4.65. The second-order valence-electron chi connectivity index (χ2n) is 3.12. The third-order valence-corrected chi connectivity index (χ3v) is 1.89. The average molecular weight is 191 g/mol. The second kappa shape index (κ2) is 6.17. The van der Waals surface area contributed by atoms with Gasteiger partial charge in [0.25, 0.3) is 0 Å². The fraction of sp³-hybridized carbons (Fsp3) is 0.333. The topological polar surface area (TPSA) is 12.0 Å². The van der Waals surface area contributed by atoms with Gasteiger partial charge in [0.15, 0.2) is 0 Å². The van der Waals surface area contributed by atoms with Crippen LogP contribution in [0.15, 0.2) is 30.3 Å². The molecular weight excluding hydrogens is 177 g/mol. The van der Waals surface area contributed by atoms with E-state index in [4.69, 9.17) is 6.42 Å². The Bertz CT molecular complexity index is 289. The summed E-state index contributed by atoms with van der Waals surface area (Å²) >= 11 is 0. The Morgan fingerprint density at radius 3 is 2.71 bits per heavy atom. The maximum atomic E-state index is 13.3. The number of nitrogens with one attached hydrogen (secondary N) is 1. The highest BCUT2D eigenvalue weighted by molar-refractivity contribution is 5.15. The lowest BCUT2D eigenvalue weighted by atomic mass is 10.1. The number of hydrogen-bond donors (Lipinski definition) is 1. The van der Waals surface area contributed by atoms with E-state index in [-0.39, 0.29) is 0 Å². The van der Waals surface area contributed by atoms with E-state index in [1.807, 2.05) is 30.3 Å². The standard InChI is InChI=1S/C12H14FN/c1-2-8-14-10-12(13)9-11-6-4-3-5-7-11/h1,3-7,12,14H,8-10H2. The highest BCUT2D eigenvalue weighted by Crippen LogP contribution is 2.04. The van der Waals surface area contributed by atoms with Crippen molar-refractivity contribution in [2.45, 2.75) is 12.6 Å². The molecule has 1 N–H and O–H groups in total. The van der Waals surface area contributed by atoms with Gasteiger partial charge in [-0.2, -0.15) is 0 Å². The molecule has 0 radical (unpaired) electrons. The molecule has 14 heavy (non-hydrogen) atoms. The lowest BCUT2D eigenvalue weighted by Gasteiger charge is -2.07. The van der Waals surface area contributed by atoms with Gasteiger partial charge in [-0.1, -0.05) is 36.3 Å². The summed E-state index contributed by atoms with van der Waals surface area (Å²) in [6.07, 6.45) is 4.61. The van der Waals surface area contributed by atoms with Crippen LogP contribution in [0.2, 0.25) is 0 Å². The van der Waals surface area contributed by atoms with Gasteiger partial charge in [0.05, 0.1) is 6.54 Å². The van der Waals surface area contributed by atoms with Gasteiger partial charge in [0, 0.05) is 13.0 Å². The summed E-state index contributed by atoms with van der Waals surface area (Å²) in [5.74, 6) is 2.41. The van der Waals surface area contributed by atoms with E-state index >= 15 is 0 Å². The maximum absolute atomic E-state index is 13.3. The molecule has 0 amide bonds. The molecule has 1 unspecified atom stereocenters. The number of rotatable bonds is 5. The van der Waals surface area contributed by atoms with Crippen LogP contribution in [0.25, 0.3) is 0 Å². The van der Waals surface area contributed by atoms with Gasteiger partial charge < -0.3 is 5.32 Å². The molecular formula is C12H14FN. The maximum Gasteiger partial charge on any atom is 0.117 e. The Labute approximate surface area is 84.3 Å². The third-order valence-electron chi connectivity index (χ3n) is 1.89. The predicted octanol–water partition coefficient (Wildman–Crippen LogP) is 1.79. The molecule has 0 aromatic heterocycles. The van der Waals surface area contributed by atoms with Gasteiger partial charge in [-0.25, -0.2) is 4.39 Å². The van der Waals surface area contributed by atoms with E-state index in [0.717, 1.165) is 5.56 Å². The van der Waals surface area contributed by atoms with Gasteiger partial charge in [-0.15, -0.1) is 6.42 Å². The van der Waals surface area contributed by atoms with E-state index in [1.165, 1.54) is 0 Å². The molecule has 2 heteroatoms. The van der Waals surface area contributed by atoms with Crippen LogP contribution in [0.4, 0.5) is 4.39 Å². The molecule has 1 aromatic carbocycles. The van der Waals surface area contributed by atoms with Crippen LogP contribution in [0, 0.1) is 12.3 Å². The molecule has 74 valence electrons. The highest BCUT2D eigenvalue weighted by Gasteiger charge is 2.05. The summed E-state index contributed by atoms with van der Waals surface area (Å²) in [4.78, 5) is 0. The van der Waals surface area contributed by atoms with Crippen LogP contribution in [-0.4, -0.2) is 19.3 Å². The van der Waals surface area contributed by atoms with E-state index in [0.29, 0.717) is 19.5 Å². The molecule has 0 bridgehead atoms. The molecule has 1 rings (SSSR count). The van der Waals surface area contributed by atoms with Crippen LogP contribution in [0.5, 0.6) is 0 Å². The Morgan fingerprint density at radius 2 is 2.07 bits per heavy atom. The largest absolute Gasteiger partial charge is 0.303 e. The SMILES string of the molecule is C#CCNCC(F)Cc1ccccc1. The number of terminal acetylenes is 1. The third kappa shape index (κ3) is 4.06. The fourth-order valence-corrected chi connectivity index (χ4v) is 1.24. The highest BCUT2D eigenvalue weighted by atomic mass is 19.1. The first kappa shape index (κ1) is 10.7. The summed E-state index contributed by atoms with van der Waals surface area (Å²) in [5.41, 5.74) is 1.02. The zero-order chi connectivity index (χ0) is 10.2. The molecule has 0 aliphatic carbocycles. The number of benzene rings is 1. The second-order valence-corrected chi connectivity index (χ2v) is 3.12. The van der Waals surface area contributed by atoms with Crippen molar-refractivity contribution < 1.29 is 4.39 Å². The summed E-state index contributed by atoms with van der Waals surface area (Å²) in [6.45, 7) is 0.744. The minimum atomic E-state index is -0.870. The fourth-order valence-electron chi connectivity index (χ4n) is 1.24. The molecule has 0 spiro atoms. The molecule has 1 aromatic rings. The van der Waals surface area contributed by atoms with E-state index < -0.39 is 6.17 Å². The molecule has 0 aliphatic rings. The molecule has 0 aliphatic heterocycles. The lowest BCUT2D eigenvalue weighted by Crippen LogP contribution is -2.25. The van der Waals surface area contributed by atoms with Crippen molar-refractivity contribution in [3.05, 3.63) is 35.9 Å². The number of hydrogen-bond acceptors (Lipinski definition) is 1. The van der Waals surface area contributed by atoms with Crippen LogP contribution in [0.1, 0.15) is 5.56 Å². The Morgan fingerprint density at radius 1 is 1.36 bits per heavy atom. The summed E-state index contributed by atoms with van der Waals surface area (Å²) in [6, 6.07) is 9.60. The minimum absolute atomic E-state index is 0.319. The summed E-state index contributed by atoms with van der Waals surface area (Å²) in [5, 5.41) is 2.84. The first-order valence-electron chi connectivity index (χ1n) is 4.65. The van der Waals surface area contributed by atoms with Gasteiger partial charge in [-0.3, -0.25) is 0 Å². The van der Waals surface area contributed by atoms with Crippen molar-refractivity contribution in [1.29, 1.82) is 0 Å². The van der Waals surface area contributed by atoms with Gasteiger partial charge >= 0.3 is 0 Å². The van der Waals surface area contributed by atoms with Crippen molar-refractivity contribution in [1.82, 2.24) is 5.32 Å². The first-order chi connectivity index (χ1) is 6.83. The van der Waals surface area contributed by atoms with Crippen molar-refractivity contribution in [3.8, 4) is 12.3 Å². The van der Waals surface area contributed by atoms with Gasteiger partial charge in [0.2, 0.25) is 0 Å². The predicted molar refractivity (Wildman–Crippen MR) is 56.7 cm³/mol. The zero-order valence-electron chi connectivity index (χ0n) is 8.04. The van der Waals surface area contributed by atoms with Crippen LogP contribution >= 0.6 is 0 Å². The molecule has 1 atom stereocenters. The monoisotopic (exact) mass is 191 g/mol. The van der Waals surface area contributed by atoms with Gasteiger partial charge in [-0.05, 0) is 5.56 Å². The Hall–Kier alpha value is -1.33. The molecule has 1 nitrogen and oxygen atoms in total. The van der Waals surface area contributed by atoms with Crippen molar-refractivity contribution >= 4 is 0 Å². The van der Waals surface area contributed by atoms with Crippen LogP contribution in [-0.2, 0) is 6.42 Å². The summed E-state index contributed by atoms with van der Waals surface area (Å²) in [7, 11) is 0. The summed E-state index contributed by atoms with van der Waals surface area (Å²) < 4.78 is 13.3. The number of alkyl halides is 1. The number of halogens is 1. The van der Waals surface area contributed by atoms with Crippen molar-refractivity contribution in [2.24, 2.45) is 0 Å². The van der Waals surface area contributed by atoms with E-state index in [1.54, 1.807) is 0 Å². The Balaban J connectivity index is 2.28. The van der Waals surface area contributed by atoms with E-state index in [9.17, 15) is 4.39 Å². The lowest BCUT2D eigenvalue weighted by molar-refractivity contribution is 0.321. The van der Waals surface area contributed by atoms with E-state index in [2.05, 4.69) is 11.2 Å². The minimum Gasteiger partial charge on any atom is -0.303 e. The van der Waals surface area contributed by atoms with Crippen LogP contribution in [0.3, 0.4) is 0 Å². The quantitative estimate of drug-likeness (QED) is 0.552. The van der Waals surface area contributed by atoms with Crippen molar-refractivity contribution in [3.63, 3.8) is 0 Å². The molecule has 0 saturated carbocycles. The molecule has 0 saturated heterocycles. The molecule has 0 fully saturated rings. The van der Waals surface area contributed by atoms with Crippen LogP contribution < -0.4 is 5.32 Å². The molecule has 0 heterocycles. The van der Waals surface area contributed by atoms with Gasteiger partial charge in [0.1, 0.15) is 6.17 Å². The zero-order valence-corrected chi connectivity index (χ0v) is 8.04. The Kier molecular flexibility index (Phi) is 4.74. The van der Waals surface area contributed by atoms with Crippen molar-refractivity contribution in [2.75, 3.05) is 13.1 Å². The average Bonchev–Trinajstić information content (AvgIpc) is 2.20. The smallest absolute Gasteiger partial charge is 0.117 e. The normalized spacial score (nSPS) is 12.0.